The van der Waals surface area contributed by atoms with Gasteiger partial charge in [0.25, 0.3) is 0 Å². The van der Waals surface area contributed by atoms with Crippen LogP contribution in [0.15, 0.2) is 22.1 Å². The van der Waals surface area contributed by atoms with Gasteiger partial charge >= 0.3 is 0 Å². The van der Waals surface area contributed by atoms with E-state index in [-0.39, 0.29) is 74.4 Å². The molecule has 1 aliphatic heterocycles. The molecule has 0 aliphatic carbocycles. The monoisotopic (exact) mass is 463 g/mol. The second kappa shape index (κ2) is 11.6. The molecule has 0 radical (unpaired) electrons. The van der Waals surface area contributed by atoms with Crippen LogP contribution in [0.1, 0.15) is 5.56 Å². The van der Waals surface area contributed by atoms with Gasteiger partial charge in [-0.3, -0.25) is 9.91 Å². The Balaban J connectivity index is 2.59. The summed E-state index contributed by atoms with van der Waals surface area (Å²) >= 11 is 12.5. The Labute approximate surface area is 184 Å². The van der Waals surface area contributed by atoms with Gasteiger partial charge in [-0.2, -0.15) is 4.99 Å². The maximum Gasteiger partial charge on any atom is 0.226 e. The Bertz CT molecular complexity index is 769. The summed E-state index contributed by atoms with van der Waals surface area (Å²) < 4.78 is 0. The van der Waals surface area contributed by atoms with Crippen molar-refractivity contribution < 1.29 is 20.4 Å². The zero-order valence-corrected chi connectivity index (χ0v) is 17.8. The standard InChI is InChI=1S/C17H27Cl2N7O4/c18-12-10-14(20)13(19)9-11(12)15-22-16(24(1-5-27)2-6-28)23-17(26(15)21)25(3-7-29)4-8-30/h9-10,17,27-30H,1-8,20-21H2. The minimum Gasteiger partial charge on any atom is -0.397 e. The van der Waals surface area contributed by atoms with Crippen LogP contribution in [0, 0.1) is 0 Å². The average Bonchev–Trinajstić information content (AvgIpc) is 2.71. The number of aliphatic imine (C=N–C) groups is 2. The number of aliphatic hydroxyl groups is 4. The third-order valence-electron chi connectivity index (χ3n) is 4.38. The molecule has 0 fully saturated rings. The number of nitrogen functional groups attached to an aromatic ring is 1. The molecule has 0 amide bonds. The first-order valence-corrected chi connectivity index (χ1v) is 10.0. The molecule has 0 aromatic heterocycles. The van der Waals surface area contributed by atoms with Crippen LogP contribution < -0.4 is 11.6 Å². The number of nitrogens with two attached hydrogens (primary N) is 2. The molecule has 1 aromatic rings. The number of anilines is 1. The van der Waals surface area contributed by atoms with E-state index in [2.05, 4.69) is 9.98 Å². The summed E-state index contributed by atoms with van der Waals surface area (Å²) in [7, 11) is 0. The molecule has 0 bridgehead atoms. The van der Waals surface area contributed by atoms with Gasteiger partial charge < -0.3 is 31.1 Å². The predicted octanol–water partition coefficient (Wildman–Crippen LogP) is -1.28. The summed E-state index contributed by atoms with van der Waals surface area (Å²) in [5, 5.41) is 39.4. The van der Waals surface area contributed by atoms with E-state index < -0.39 is 6.29 Å². The smallest absolute Gasteiger partial charge is 0.226 e. The number of aliphatic hydroxyl groups excluding tert-OH is 4. The van der Waals surface area contributed by atoms with Crippen LogP contribution in [0.25, 0.3) is 0 Å². The minimum atomic E-state index is -0.848. The van der Waals surface area contributed by atoms with Gasteiger partial charge in [0.05, 0.1) is 42.2 Å². The molecule has 13 heteroatoms. The number of hydrogen-bond donors (Lipinski definition) is 6. The highest BCUT2D eigenvalue weighted by Gasteiger charge is 2.32. The van der Waals surface area contributed by atoms with E-state index in [0.717, 1.165) is 0 Å². The fraction of sp³-hybridized carbons (Fsp3) is 0.529. The van der Waals surface area contributed by atoms with Crippen LogP contribution >= 0.6 is 23.2 Å². The molecule has 8 N–H and O–H groups in total. The van der Waals surface area contributed by atoms with Crippen LogP contribution in [0.4, 0.5) is 5.69 Å². The zero-order chi connectivity index (χ0) is 22.3. The Morgan fingerprint density at radius 1 is 0.933 bits per heavy atom. The van der Waals surface area contributed by atoms with Crippen molar-refractivity contribution in [2.45, 2.75) is 6.29 Å². The van der Waals surface area contributed by atoms with Gasteiger partial charge in [0, 0.05) is 31.7 Å². The number of nitrogens with zero attached hydrogens (tertiary/aromatic N) is 5. The van der Waals surface area contributed by atoms with Crippen molar-refractivity contribution in [2.75, 3.05) is 58.3 Å². The number of hydrogen-bond acceptors (Lipinski definition) is 11. The van der Waals surface area contributed by atoms with Crippen LogP contribution in [-0.4, -0.2) is 106 Å². The lowest BCUT2D eigenvalue weighted by molar-refractivity contribution is 0.0587. The fourth-order valence-electron chi connectivity index (χ4n) is 2.95. The van der Waals surface area contributed by atoms with Gasteiger partial charge in [0.15, 0.2) is 12.1 Å². The molecule has 168 valence electrons. The summed E-state index contributed by atoms with van der Waals surface area (Å²) in [6.07, 6.45) is -0.848. The lowest BCUT2D eigenvalue weighted by Gasteiger charge is -2.39. The van der Waals surface area contributed by atoms with Crippen LogP contribution in [0.2, 0.25) is 10.0 Å². The number of guanidine groups is 1. The Kier molecular flexibility index (Phi) is 9.52. The maximum atomic E-state index is 9.43. The van der Waals surface area contributed by atoms with E-state index >= 15 is 0 Å². The largest absolute Gasteiger partial charge is 0.397 e. The molecule has 0 saturated carbocycles. The Morgan fingerprint density at radius 3 is 2.03 bits per heavy atom. The van der Waals surface area contributed by atoms with E-state index in [1.54, 1.807) is 9.80 Å². The lowest BCUT2D eigenvalue weighted by atomic mass is 10.1. The van der Waals surface area contributed by atoms with E-state index in [4.69, 9.17) is 34.8 Å². The summed E-state index contributed by atoms with van der Waals surface area (Å²) in [5.74, 6) is 6.74. The van der Waals surface area contributed by atoms with Gasteiger partial charge in [0.1, 0.15) is 0 Å². The quantitative estimate of drug-likeness (QED) is 0.183. The van der Waals surface area contributed by atoms with Crippen molar-refractivity contribution >= 4 is 40.7 Å². The predicted molar refractivity (Wildman–Crippen MR) is 116 cm³/mol. The summed E-state index contributed by atoms with van der Waals surface area (Å²) in [6, 6.07) is 3.01. The second-order valence-corrected chi connectivity index (χ2v) is 7.20. The molecule has 0 spiro atoms. The molecule has 2 rings (SSSR count). The average molecular weight is 464 g/mol. The molecule has 0 saturated heterocycles. The first kappa shape index (κ1) is 24.6. The highest BCUT2D eigenvalue weighted by molar-refractivity contribution is 6.37. The van der Waals surface area contributed by atoms with Gasteiger partial charge in [-0.05, 0) is 12.1 Å². The normalized spacial score (nSPS) is 16.7. The van der Waals surface area contributed by atoms with E-state index in [0.29, 0.717) is 11.3 Å². The molecule has 30 heavy (non-hydrogen) atoms. The minimum absolute atomic E-state index is 0.170. The third kappa shape index (κ3) is 5.71. The number of halogens is 2. The molecular weight excluding hydrogens is 437 g/mol. The zero-order valence-electron chi connectivity index (χ0n) is 16.3. The molecule has 1 unspecified atom stereocenters. The van der Waals surface area contributed by atoms with Crippen LogP contribution in [0.3, 0.4) is 0 Å². The summed E-state index contributed by atoms with van der Waals surface area (Å²) in [4.78, 5) is 12.2. The molecule has 1 aliphatic rings. The van der Waals surface area contributed by atoms with E-state index in [1.807, 2.05) is 0 Å². The number of benzene rings is 1. The van der Waals surface area contributed by atoms with Crippen molar-refractivity contribution in [1.82, 2.24) is 14.8 Å². The Morgan fingerprint density at radius 2 is 1.50 bits per heavy atom. The van der Waals surface area contributed by atoms with Gasteiger partial charge in [-0.1, -0.05) is 23.2 Å². The molecule has 1 atom stereocenters. The molecule has 1 aromatic carbocycles. The second-order valence-electron chi connectivity index (χ2n) is 6.39. The van der Waals surface area contributed by atoms with E-state index in [9.17, 15) is 20.4 Å². The maximum absolute atomic E-state index is 9.43. The highest BCUT2D eigenvalue weighted by atomic mass is 35.5. The van der Waals surface area contributed by atoms with Gasteiger partial charge in [0.2, 0.25) is 5.96 Å². The van der Waals surface area contributed by atoms with Crippen LogP contribution in [0.5, 0.6) is 0 Å². The number of amidine groups is 1. The molecule has 1 heterocycles. The lowest BCUT2D eigenvalue weighted by Crippen LogP contribution is -2.58. The van der Waals surface area contributed by atoms with Crippen molar-refractivity contribution in [3.63, 3.8) is 0 Å². The summed E-state index contributed by atoms with van der Waals surface area (Å²) in [5.41, 5.74) is 6.50. The van der Waals surface area contributed by atoms with Crippen LogP contribution in [-0.2, 0) is 0 Å². The first-order chi connectivity index (χ1) is 14.4. The SMILES string of the molecule is Nc1cc(Cl)c(C2=NC(N(CCO)CCO)=NC(N(CCO)CCO)N2N)cc1Cl. The molecular formula is C17H27Cl2N7O4. The Hall–Kier alpha value is -1.70. The summed E-state index contributed by atoms with van der Waals surface area (Å²) in [6.45, 7) is -0.0509. The topological polar surface area (TPSA) is 167 Å². The third-order valence-corrected chi connectivity index (χ3v) is 5.02. The van der Waals surface area contributed by atoms with Gasteiger partial charge in [-0.25, -0.2) is 10.8 Å². The number of rotatable bonds is 10. The van der Waals surface area contributed by atoms with Crippen molar-refractivity contribution in [3.8, 4) is 0 Å². The van der Waals surface area contributed by atoms with Crippen molar-refractivity contribution in [1.29, 1.82) is 0 Å². The van der Waals surface area contributed by atoms with Crippen molar-refractivity contribution in [2.24, 2.45) is 15.8 Å². The van der Waals surface area contributed by atoms with E-state index in [1.165, 1.54) is 17.1 Å². The fourth-order valence-corrected chi connectivity index (χ4v) is 3.37. The van der Waals surface area contributed by atoms with Crippen molar-refractivity contribution in [3.05, 3.63) is 27.7 Å². The first-order valence-electron chi connectivity index (χ1n) is 9.25. The van der Waals surface area contributed by atoms with Gasteiger partial charge in [-0.15, -0.1) is 0 Å². The highest BCUT2D eigenvalue weighted by Crippen LogP contribution is 2.29. The molecule has 11 nitrogen and oxygen atoms in total. The number of hydrazine groups is 1.